The van der Waals surface area contributed by atoms with Gasteiger partial charge >= 0.3 is 0 Å². The number of carbonyl (C=O) groups excluding carboxylic acids is 1. The van der Waals surface area contributed by atoms with E-state index in [0.29, 0.717) is 33.6 Å². The van der Waals surface area contributed by atoms with Crippen molar-refractivity contribution in [1.82, 2.24) is 15.2 Å². The van der Waals surface area contributed by atoms with Crippen molar-refractivity contribution in [3.05, 3.63) is 69.1 Å². The number of carbonyl (C=O) groups is 1. The lowest BCUT2D eigenvalue weighted by atomic mass is 10.1. The van der Waals surface area contributed by atoms with Crippen molar-refractivity contribution in [3.8, 4) is 5.75 Å². The normalized spacial score (nSPS) is 11.6. The number of hydrogen-bond donors (Lipinski definition) is 2. The van der Waals surface area contributed by atoms with Gasteiger partial charge in [0, 0.05) is 22.5 Å². The maximum absolute atomic E-state index is 12.8. The Labute approximate surface area is 172 Å². The van der Waals surface area contributed by atoms with Crippen molar-refractivity contribution in [2.45, 2.75) is 33.2 Å². The van der Waals surface area contributed by atoms with E-state index in [-0.39, 0.29) is 17.0 Å². The maximum Gasteiger partial charge on any atom is 0.292 e. The molecule has 0 aliphatic heterocycles. The SMILES string of the molecule is CCCCn1nc(C(=O)N/N=C(\C)c2cc(Cl)ccc2O)c2ccccc2c1=O. The topological polar surface area (TPSA) is 96.6 Å². The third-order valence-corrected chi connectivity index (χ3v) is 4.71. The molecule has 2 aromatic carbocycles. The largest absolute Gasteiger partial charge is 0.507 e. The zero-order valence-electron chi connectivity index (χ0n) is 16.1. The van der Waals surface area contributed by atoms with E-state index < -0.39 is 5.91 Å². The summed E-state index contributed by atoms with van der Waals surface area (Å²) < 4.78 is 1.32. The van der Waals surface area contributed by atoms with Crippen LogP contribution in [0.5, 0.6) is 5.75 Å². The van der Waals surface area contributed by atoms with Crippen LogP contribution in [0.3, 0.4) is 0 Å². The van der Waals surface area contributed by atoms with Gasteiger partial charge in [0.15, 0.2) is 5.69 Å². The van der Waals surface area contributed by atoms with Gasteiger partial charge in [0.1, 0.15) is 5.75 Å². The molecule has 0 radical (unpaired) electrons. The summed E-state index contributed by atoms with van der Waals surface area (Å²) in [5, 5.41) is 19.6. The minimum atomic E-state index is -0.549. The Bertz CT molecular complexity index is 1150. The van der Waals surface area contributed by atoms with Crippen LogP contribution >= 0.6 is 11.6 Å². The molecule has 1 heterocycles. The molecule has 0 saturated heterocycles. The number of nitrogens with zero attached hydrogens (tertiary/aromatic N) is 3. The minimum Gasteiger partial charge on any atom is -0.507 e. The summed E-state index contributed by atoms with van der Waals surface area (Å²) in [6.45, 7) is 4.08. The summed E-state index contributed by atoms with van der Waals surface area (Å²) in [5.41, 5.74) is 3.13. The molecule has 0 spiro atoms. The zero-order valence-corrected chi connectivity index (χ0v) is 16.9. The van der Waals surface area contributed by atoms with Crippen LogP contribution < -0.4 is 11.0 Å². The monoisotopic (exact) mass is 412 g/mol. The van der Waals surface area contributed by atoms with Crippen molar-refractivity contribution in [3.63, 3.8) is 0 Å². The van der Waals surface area contributed by atoms with Gasteiger partial charge in [-0.15, -0.1) is 0 Å². The smallest absolute Gasteiger partial charge is 0.292 e. The molecule has 0 aliphatic carbocycles. The predicted molar refractivity (Wildman–Crippen MR) is 114 cm³/mol. The van der Waals surface area contributed by atoms with Gasteiger partial charge < -0.3 is 5.11 Å². The average Bonchev–Trinajstić information content (AvgIpc) is 2.73. The van der Waals surface area contributed by atoms with E-state index in [1.165, 1.54) is 10.7 Å². The summed E-state index contributed by atoms with van der Waals surface area (Å²) in [4.78, 5) is 25.4. The number of benzene rings is 2. The molecule has 29 heavy (non-hydrogen) atoms. The number of hydrazone groups is 1. The van der Waals surface area contributed by atoms with E-state index in [1.807, 2.05) is 6.92 Å². The molecule has 0 atom stereocenters. The maximum atomic E-state index is 12.8. The van der Waals surface area contributed by atoms with Gasteiger partial charge in [0.2, 0.25) is 0 Å². The number of fused-ring (bicyclic) bond motifs is 1. The van der Waals surface area contributed by atoms with Crippen LogP contribution in [0, 0.1) is 0 Å². The van der Waals surface area contributed by atoms with Crippen LogP contribution in [0.25, 0.3) is 10.8 Å². The van der Waals surface area contributed by atoms with Crippen molar-refractivity contribution < 1.29 is 9.90 Å². The fourth-order valence-corrected chi connectivity index (χ4v) is 3.08. The average molecular weight is 413 g/mol. The summed E-state index contributed by atoms with van der Waals surface area (Å²) in [6.07, 6.45) is 1.67. The summed E-state index contributed by atoms with van der Waals surface area (Å²) in [6, 6.07) is 11.4. The number of aryl methyl sites for hydroxylation is 1. The highest BCUT2D eigenvalue weighted by Crippen LogP contribution is 2.22. The standard InChI is InChI=1S/C21H21ClN4O3/c1-3-4-11-26-21(29)16-8-6-5-7-15(16)19(25-26)20(28)24-23-13(2)17-12-14(22)9-10-18(17)27/h5-10,12,27H,3-4,11H2,1-2H3,(H,24,28)/b23-13+. The highest BCUT2D eigenvalue weighted by Gasteiger charge is 2.16. The van der Waals surface area contributed by atoms with E-state index in [9.17, 15) is 14.7 Å². The third kappa shape index (κ3) is 4.46. The molecule has 1 aromatic heterocycles. The molecule has 0 unspecified atom stereocenters. The predicted octanol–water partition coefficient (Wildman–Crippen LogP) is 3.71. The van der Waals surface area contributed by atoms with Gasteiger partial charge in [-0.3, -0.25) is 9.59 Å². The lowest BCUT2D eigenvalue weighted by molar-refractivity contribution is 0.0949. The lowest BCUT2D eigenvalue weighted by Crippen LogP contribution is -2.29. The quantitative estimate of drug-likeness (QED) is 0.476. The highest BCUT2D eigenvalue weighted by molar-refractivity contribution is 6.31. The van der Waals surface area contributed by atoms with Crippen molar-refractivity contribution in [2.75, 3.05) is 0 Å². The van der Waals surface area contributed by atoms with Crippen LogP contribution in [-0.4, -0.2) is 26.5 Å². The number of amides is 1. The second kappa shape index (κ2) is 8.87. The Kier molecular flexibility index (Phi) is 6.29. The molecule has 1 amide bonds. The Morgan fingerprint density at radius 3 is 2.69 bits per heavy atom. The number of nitrogens with one attached hydrogen (secondary N) is 1. The molecule has 7 nitrogen and oxygen atoms in total. The van der Waals surface area contributed by atoms with Crippen LogP contribution in [0.1, 0.15) is 42.7 Å². The number of halogens is 1. The molecule has 2 N–H and O–H groups in total. The molecule has 150 valence electrons. The molecule has 0 fully saturated rings. The number of aromatic nitrogens is 2. The Morgan fingerprint density at radius 1 is 1.24 bits per heavy atom. The number of hydrogen-bond acceptors (Lipinski definition) is 5. The molecule has 3 rings (SSSR count). The number of phenolic OH excluding ortho intramolecular Hbond substituents is 1. The number of aromatic hydroxyl groups is 1. The van der Waals surface area contributed by atoms with Crippen LogP contribution in [-0.2, 0) is 6.54 Å². The number of rotatable bonds is 6. The highest BCUT2D eigenvalue weighted by atomic mass is 35.5. The van der Waals surface area contributed by atoms with Crippen molar-refractivity contribution >= 4 is 34.0 Å². The molecular formula is C21H21ClN4O3. The fraction of sp³-hybridized carbons (Fsp3) is 0.238. The first kappa shape index (κ1) is 20.5. The Hall–Kier alpha value is -3.19. The van der Waals surface area contributed by atoms with E-state index in [4.69, 9.17) is 11.6 Å². The van der Waals surface area contributed by atoms with Gasteiger partial charge in [-0.25, -0.2) is 10.1 Å². The van der Waals surface area contributed by atoms with E-state index in [2.05, 4.69) is 15.6 Å². The van der Waals surface area contributed by atoms with Crippen LogP contribution in [0.2, 0.25) is 5.02 Å². The number of unbranched alkanes of at least 4 members (excludes halogenated alkanes) is 1. The second-order valence-corrected chi connectivity index (χ2v) is 7.01. The molecule has 0 aliphatic rings. The van der Waals surface area contributed by atoms with Crippen LogP contribution in [0.4, 0.5) is 0 Å². The fourth-order valence-electron chi connectivity index (χ4n) is 2.91. The van der Waals surface area contributed by atoms with Gasteiger partial charge in [-0.2, -0.15) is 10.2 Å². The van der Waals surface area contributed by atoms with Gasteiger partial charge in [-0.1, -0.05) is 43.1 Å². The van der Waals surface area contributed by atoms with E-state index in [0.717, 1.165) is 12.8 Å². The summed E-state index contributed by atoms with van der Waals surface area (Å²) >= 11 is 5.96. The molecule has 0 saturated carbocycles. The lowest BCUT2D eigenvalue weighted by Gasteiger charge is -2.10. The van der Waals surface area contributed by atoms with E-state index in [1.54, 1.807) is 43.3 Å². The molecule has 0 bridgehead atoms. The molecular weight excluding hydrogens is 392 g/mol. The molecule has 8 heteroatoms. The minimum absolute atomic E-state index is 0.00147. The third-order valence-electron chi connectivity index (χ3n) is 4.48. The van der Waals surface area contributed by atoms with Crippen LogP contribution in [0.15, 0.2) is 52.4 Å². The van der Waals surface area contributed by atoms with Gasteiger partial charge in [-0.05, 0) is 37.6 Å². The Balaban J connectivity index is 1.97. The zero-order chi connectivity index (χ0) is 21.0. The van der Waals surface area contributed by atoms with E-state index >= 15 is 0 Å². The molecule has 3 aromatic rings. The van der Waals surface area contributed by atoms with Crippen molar-refractivity contribution in [1.29, 1.82) is 0 Å². The van der Waals surface area contributed by atoms with Gasteiger partial charge in [0.25, 0.3) is 11.5 Å². The number of phenols is 1. The van der Waals surface area contributed by atoms with Crippen molar-refractivity contribution in [2.24, 2.45) is 5.10 Å². The Morgan fingerprint density at radius 2 is 1.97 bits per heavy atom. The first-order chi connectivity index (χ1) is 13.9. The first-order valence-electron chi connectivity index (χ1n) is 9.25. The summed E-state index contributed by atoms with van der Waals surface area (Å²) in [5.74, 6) is -0.547. The van der Waals surface area contributed by atoms with Gasteiger partial charge in [0.05, 0.1) is 11.1 Å². The summed E-state index contributed by atoms with van der Waals surface area (Å²) in [7, 11) is 0. The first-order valence-corrected chi connectivity index (χ1v) is 9.63. The second-order valence-electron chi connectivity index (χ2n) is 6.58.